The fourth-order valence-corrected chi connectivity index (χ4v) is 3.18. The van der Waals surface area contributed by atoms with Crippen molar-refractivity contribution in [1.29, 1.82) is 0 Å². The Morgan fingerprint density at radius 1 is 0.933 bits per heavy atom. The predicted octanol–water partition coefficient (Wildman–Crippen LogP) is 2.14. The third-order valence-corrected chi connectivity index (χ3v) is 4.35. The second kappa shape index (κ2) is 7.75. The van der Waals surface area contributed by atoms with Crippen molar-refractivity contribution in [1.82, 2.24) is 9.97 Å². The summed E-state index contributed by atoms with van der Waals surface area (Å²) in [7, 11) is -3.40. The van der Waals surface area contributed by atoms with Crippen molar-refractivity contribution in [2.45, 2.75) is 26.3 Å². The summed E-state index contributed by atoms with van der Waals surface area (Å²) in [4.78, 5) is 32.2. The highest BCUT2D eigenvalue weighted by Crippen LogP contribution is 2.24. The molecule has 4 N–H and O–H groups in total. The Morgan fingerprint density at radius 3 is 2.27 bits per heavy atom. The van der Waals surface area contributed by atoms with Crippen LogP contribution < -0.4 is 31.5 Å². The summed E-state index contributed by atoms with van der Waals surface area (Å²) in [5.41, 5.74) is -0.255. The van der Waals surface area contributed by atoms with Crippen LogP contribution in [0.15, 0.2) is 46.1 Å². The van der Waals surface area contributed by atoms with E-state index < -0.39 is 20.9 Å². The first-order valence-electron chi connectivity index (χ1n) is 8.98. The second-order valence-corrected chi connectivity index (χ2v) is 9.50. The van der Waals surface area contributed by atoms with Crippen LogP contribution in [0.5, 0.6) is 0 Å². The Kier molecular flexibility index (Phi) is 5.49. The largest absolute Gasteiger partial charge is 0.375 e. The second-order valence-electron chi connectivity index (χ2n) is 7.75. The molecule has 3 rings (SSSR count). The maximum atomic E-state index is 12.0. The van der Waals surface area contributed by atoms with E-state index in [0.29, 0.717) is 17.2 Å². The van der Waals surface area contributed by atoms with Gasteiger partial charge in [-0.05, 0) is 45.0 Å². The van der Waals surface area contributed by atoms with E-state index in [9.17, 15) is 18.0 Å². The first kappa shape index (κ1) is 21.2. The lowest BCUT2D eigenvalue weighted by molar-refractivity contribution is 0.607. The molecule has 0 atom stereocenters. The molecule has 0 amide bonds. The molecule has 1 heterocycles. The number of benzene rings is 1. The van der Waals surface area contributed by atoms with E-state index in [2.05, 4.69) is 30.6 Å². The molecule has 0 aliphatic heterocycles. The van der Waals surface area contributed by atoms with Crippen LogP contribution in [-0.2, 0) is 10.0 Å². The summed E-state index contributed by atoms with van der Waals surface area (Å²) in [6.07, 6.45) is 2.55. The van der Waals surface area contributed by atoms with Crippen molar-refractivity contribution < 1.29 is 8.42 Å². The standard InChI is InChI=1S/C19H22N6O4S/c1-19(2,3)24-15-14(16(26)17(15)27)22-13-8-9-20-18(23-13)21-11-6-5-7-12(10-11)25-30(4,28)29/h5-10,24-25H,1-4H3,(H2,20,21,22,23). The van der Waals surface area contributed by atoms with E-state index in [-0.39, 0.29) is 22.9 Å². The lowest BCUT2D eigenvalue weighted by Gasteiger charge is -2.24. The number of aromatic nitrogens is 2. The SMILES string of the molecule is CC(C)(C)Nc1c(Nc2ccnc(Nc3cccc(NS(C)(=O)=O)c3)n2)c(=O)c1=O. The average Bonchev–Trinajstić information content (AvgIpc) is 2.62. The molecule has 0 radical (unpaired) electrons. The summed E-state index contributed by atoms with van der Waals surface area (Å²) >= 11 is 0. The highest BCUT2D eigenvalue weighted by molar-refractivity contribution is 7.92. The molecule has 0 fully saturated rings. The van der Waals surface area contributed by atoms with Crippen molar-refractivity contribution in [2.75, 3.05) is 26.9 Å². The van der Waals surface area contributed by atoms with Gasteiger partial charge in [0, 0.05) is 17.4 Å². The highest BCUT2D eigenvalue weighted by atomic mass is 32.2. The van der Waals surface area contributed by atoms with Gasteiger partial charge in [-0.25, -0.2) is 13.4 Å². The number of anilines is 6. The molecule has 0 unspecified atom stereocenters. The third kappa shape index (κ3) is 5.32. The Morgan fingerprint density at radius 2 is 1.60 bits per heavy atom. The fourth-order valence-electron chi connectivity index (χ4n) is 2.63. The first-order chi connectivity index (χ1) is 13.9. The number of nitrogens with zero attached hydrogens (tertiary/aromatic N) is 2. The molecule has 2 aromatic carbocycles. The minimum Gasteiger partial charge on any atom is -0.375 e. The summed E-state index contributed by atoms with van der Waals surface area (Å²) in [6.45, 7) is 5.65. The molecule has 0 spiro atoms. The third-order valence-electron chi connectivity index (χ3n) is 3.74. The molecule has 0 saturated heterocycles. The van der Waals surface area contributed by atoms with Crippen molar-refractivity contribution in [3.8, 4) is 0 Å². The Labute approximate surface area is 173 Å². The predicted molar refractivity (Wildman–Crippen MR) is 118 cm³/mol. The number of nitrogens with one attached hydrogen (secondary N) is 4. The number of rotatable bonds is 7. The Balaban J connectivity index is 1.79. The number of hydrogen-bond acceptors (Lipinski definition) is 9. The zero-order valence-corrected chi connectivity index (χ0v) is 17.7. The van der Waals surface area contributed by atoms with Crippen molar-refractivity contribution in [2.24, 2.45) is 0 Å². The van der Waals surface area contributed by atoms with Crippen LogP contribution in [0.25, 0.3) is 0 Å². The minimum atomic E-state index is -3.40. The van der Waals surface area contributed by atoms with Gasteiger partial charge in [-0.2, -0.15) is 4.98 Å². The van der Waals surface area contributed by atoms with Gasteiger partial charge in [0.1, 0.15) is 17.2 Å². The minimum absolute atomic E-state index is 0.152. The maximum absolute atomic E-state index is 12.0. The fraction of sp³-hybridized carbons (Fsp3) is 0.263. The molecule has 0 bridgehead atoms. The highest BCUT2D eigenvalue weighted by Gasteiger charge is 2.25. The zero-order valence-electron chi connectivity index (χ0n) is 16.9. The first-order valence-corrected chi connectivity index (χ1v) is 10.9. The Bertz CT molecular complexity index is 1260. The van der Waals surface area contributed by atoms with Crippen LogP contribution >= 0.6 is 0 Å². The van der Waals surface area contributed by atoms with Gasteiger partial charge >= 0.3 is 0 Å². The topological polar surface area (TPSA) is 142 Å². The van der Waals surface area contributed by atoms with Gasteiger partial charge in [-0.15, -0.1) is 0 Å². The molecule has 158 valence electrons. The smallest absolute Gasteiger partial charge is 0.253 e. The van der Waals surface area contributed by atoms with Crippen LogP contribution in [0.1, 0.15) is 20.8 Å². The van der Waals surface area contributed by atoms with E-state index >= 15 is 0 Å². The van der Waals surface area contributed by atoms with Crippen LogP contribution in [-0.4, -0.2) is 30.2 Å². The van der Waals surface area contributed by atoms with E-state index in [1.54, 1.807) is 30.3 Å². The van der Waals surface area contributed by atoms with E-state index in [1.807, 2.05) is 20.8 Å². The molecule has 10 nitrogen and oxygen atoms in total. The number of sulfonamides is 1. The van der Waals surface area contributed by atoms with E-state index in [0.717, 1.165) is 6.26 Å². The van der Waals surface area contributed by atoms with Crippen molar-refractivity contribution in [3.63, 3.8) is 0 Å². The van der Waals surface area contributed by atoms with Gasteiger partial charge in [-0.3, -0.25) is 14.3 Å². The molecular weight excluding hydrogens is 408 g/mol. The molecule has 0 aliphatic rings. The zero-order chi connectivity index (χ0) is 22.1. The normalized spacial score (nSPS) is 11.9. The van der Waals surface area contributed by atoms with Crippen LogP contribution in [0.2, 0.25) is 0 Å². The van der Waals surface area contributed by atoms with Crippen LogP contribution in [0, 0.1) is 0 Å². The van der Waals surface area contributed by atoms with Crippen molar-refractivity contribution in [3.05, 3.63) is 57.0 Å². The molecule has 3 aromatic rings. The van der Waals surface area contributed by atoms with Gasteiger partial charge < -0.3 is 16.0 Å². The molecule has 0 saturated carbocycles. The molecule has 30 heavy (non-hydrogen) atoms. The van der Waals surface area contributed by atoms with Crippen molar-refractivity contribution >= 4 is 44.5 Å². The average molecular weight is 430 g/mol. The summed E-state index contributed by atoms with van der Waals surface area (Å²) in [6, 6.07) is 8.16. The maximum Gasteiger partial charge on any atom is 0.253 e. The molecule has 11 heteroatoms. The van der Waals surface area contributed by atoms with Gasteiger partial charge in [-0.1, -0.05) is 6.07 Å². The van der Waals surface area contributed by atoms with Gasteiger partial charge in [0.2, 0.25) is 16.0 Å². The van der Waals surface area contributed by atoms with Gasteiger partial charge in [0.25, 0.3) is 10.9 Å². The van der Waals surface area contributed by atoms with Crippen LogP contribution in [0.3, 0.4) is 0 Å². The van der Waals surface area contributed by atoms with Gasteiger partial charge in [0.15, 0.2) is 0 Å². The summed E-state index contributed by atoms with van der Waals surface area (Å²) < 4.78 is 25.2. The lowest BCUT2D eigenvalue weighted by Crippen LogP contribution is -2.41. The van der Waals surface area contributed by atoms with Crippen LogP contribution in [0.4, 0.5) is 34.5 Å². The summed E-state index contributed by atoms with van der Waals surface area (Å²) in [5.74, 6) is 0.544. The quantitative estimate of drug-likeness (QED) is 0.415. The molecule has 0 aliphatic carbocycles. The molecular formula is C19H22N6O4S. The lowest BCUT2D eigenvalue weighted by atomic mass is 10.1. The summed E-state index contributed by atoms with van der Waals surface area (Å²) in [5, 5.41) is 8.85. The van der Waals surface area contributed by atoms with E-state index in [4.69, 9.17) is 0 Å². The molecule has 1 aromatic heterocycles. The monoisotopic (exact) mass is 430 g/mol. The number of hydrogen-bond donors (Lipinski definition) is 4. The Hall–Kier alpha value is -3.47. The van der Waals surface area contributed by atoms with E-state index in [1.165, 1.54) is 6.20 Å². The van der Waals surface area contributed by atoms with Gasteiger partial charge in [0.05, 0.1) is 11.9 Å².